The minimum Gasteiger partial charge on any atom is -0.467 e. The Balaban J connectivity index is 1.81. The van der Waals surface area contributed by atoms with Crippen LogP contribution >= 0.6 is 0 Å². The highest BCUT2D eigenvalue weighted by atomic mass is 16.5. The number of hydrogen-bond acceptors (Lipinski definition) is 4. The maximum absolute atomic E-state index is 13.4. The lowest BCUT2D eigenvalue weighted by atomic mass is 10.0. The molecule has 1 amide bonds. The lowest BCUT2D eigenvalue weighted by Crippen LogP contribution is -2.24. The number of aromatic nitrogens is 1. The molecule has 0 unspecified atom stereocenters. The lowest BCUT2D eigenvalue weighted by Gasteiger charge is -2.16. The fraction of sp³-hybridized carbons (Fsp3) is 0.259. The van der Waals surface area contributed by atoms with Gasteiger partial charge in [0.1, 0.15) is 5.76 Å². The number of carbonyl (C=O) groups excluding carboxylic acids is 2. The summed E-state index contributed by atoms with van der Waals surface area (Å²) < 4.78 is 12.6. The van der Waals surface area contributed by atoms with Crippen LogP contribution in [0.25, 0.3) is 11.8 Å². The summed E-state index contributed by atoms with van der Waals surface area (Å²) in [5.41, 5.74) is 7.52. The van der Waals surface area contributed by atoms with E-state index < -0.39 is 5.97 Å². The Morgan fingerprint density at radius 1 is 1.09 bits per heavy atom. The fourth-order valence-electron chi connectivity index (χ4n) is 4.40. The van der Waals surface area contributed by atoms with Gasteiger partial charge in [-0.15, -0.1) is 0 Å². The Kier molecular flexibility index (Phi) is 5.85. The first kappa shape index (κ1) is 22.4. The van der Waals surface area contributed by atoms with Crippen LogP contribution in [0.1, 0.15) is 40.8 Å². The van der Waals surface area contributed by atoms with Gasteiger partial charge >= 0.3 is 5.97 Å². The molecular formula is C27H28N2O4. The number of nitrogens with zero attached hydrogens (tertiary/aromatic N) is 2. The van der Waals surface area contributed by atoms with Crippen LogP contribution in [0.3, 0.4) is 0 Å². The van der Waals surface area contributed by atoms with Crippen molar-refractivity contribution in [3.8, 4) is 5.69 Å². The number of esters is 1. The predicted molar refractivity (Wildman–Crippen MR) is 127 cm³/mol. The number of benzene rings is 1. The van der Waals surface area contributed by atoms with E-state index in [1.54, 1.807) is 36.3 Å². The molecular weight excluding hydrogens is 416 g/mol. The van der Waals surface area contributed by atoms with Gasteiger partial charge in [-0.1, -0.05) is 12.1 Å². The average molecular weight is 445 g/mol. The highest BCUT2D eigenvalue weighted by Crippen LogP contribution is 2.34. The van der Waals surface area contributed by atoms with E-state index in [0.717, 1.165) is 28.2 Å². The minimum absolute atomic E-state index is 0.247. The van der Waals surface area contributed by atoms with E-state index in [4.69, 9.17) is 9.15 Å². The van der Waals surface area contributed by atoms with Crippen molar-refractivity contribution >= 4 is 18.0 Å². The van der Waals surface area contributed by atoms with Crippen molar-refractivity contribution in [2.24, 2.45) is 0 Å². The second-order valence-electron chi connectivity index (χ2n) is 8.43. The van der Waals surface area contributed by atoms with Crippen LogP contribution in [0.4, 0.5) is 0 Å². The van der Waals surface area contributed by atoms with E-state index in [9.17, 15) is 9.59 Å². The summed E-state index contributed by atoms with van der Waals surface area (Å²) in [5.74, 6) is -0.139. The number of aryl methyl sites for hydroxylation is 3. The molecule has 0 fully saturated rings. The number of allylic oxidation sites excluding steroid dienone is 1. The topological polar surface area (TPSA) is 64.7 Å². The van der Waals surface area contributed by atoms with Crippen LogP contribution in [0.2, 0.25) is 0 Å². The molecule has 0 radical (unpaired) electrons. The number of carbonyl (C=O) groups is 2. The third-order valence-corrected chi connectivity index (χ3v) is 6.17. The van der Waals surface area contributed by atoms with Crippen LogP contribution in [-0.4, -0.2) is 28.5 Å². The van der Waals surface area contributed by atoms with Gasteiger partial charge < -0.3 is 18.6 Å². The Hall–Kier alpha value is -3.80. The number of ether oxygens (including phenoxy) is 1. The molecule has 6 nitrogen and oxygen atoms in total. The zero-order valence-corrected chi connectivity index (χ0v) is 19.9. The van der Waals surface area contributed by atoms with Crippen molar-refractivity contribution in [2.45, 2.75) is 41.2 Å². The summed E-state index contributed by atoms with van der Waals surface area (Å²) in [4.78, 5) is 27.6. The predicted octanol–water partition coefficient (Wildman–Crippen LogP) is 5.18. The summed E-state index contributed by atoms with van der Waals surface area (Å²) in [6.45, 7) is 10.2. The molecule has 2 aromatic heterocycles. The Labute approximate surface area is 193 Å². The summed E-state index contributed by atoms with van der Waals surface area (Å²) >= 11 is 0. The van der Waals surface area contributed by atoms with Gasteiger partial charge in [0.25, 0.3) is 5.91 Å². The van der Waals surface area contributed by atoms with Gasteiger partial charge in [-0.25, -0.2) is 4.79 Å². The maximum Gasteiger partial charge on any atom is 0.340 e. The number of rotatable bonds is 5. The van der Waals surface area contributed by atoms with Crippen LogP contribution in [0.5, 0.6) is 0 Å². The van der Waals surface area contributed by atoms with E-state index in [0.29, 0.717) is 17.0 Å². The maximum atomic E-state index is 13.4. The van der Waals surface area contributed by atoms with Crippen molar-refractivity contribution < 1.29 is 18.7 Å². The van der Waals surface area contributed by atoms with Crippen molar-refractivity contribution in [1.82, 2.24) is 9.47 Å². The molecule has 0 atom stereocenters. The molecule has 1 aliphatic heterocycles. The number of amides is 1. The standard InChI is InChI=1S/C27H28N2O4/c1-16-9-10-17(2)24(12-16)29-18(3)13-21(19(29)4)14-23-25(27(31)32-6)20(5)28(26(23)30)15-22-8-7-11-33-22/h7-14H,15H2,1-6H3/b23-14-. The SMILES string of the molecule is COC(=O)C1=C(C)N(Cc2ccco2)C(=O)/C1=C\c1cc(C)n(-c2cc(C)ccc2C)c1C. The molecule has 0 bridgehead atoms. The van der Waals surface area contributed by atoms with Crippen LogP contribution in [0.15, 0.2) is 63.9 Å². The Morgan fingerprint density at radius 3 is 2.52 bits per heavy atom. The molecule has 0 saturated heterocycles. The molecule has 3 aromatic rings. The molecule has 4 rings (SSSR count). The van der Waals surface area contributed by atoms with Crippen molar-refractivity contribution in [1.29, 1.82) is 0 Å². The number of furan rings is 1. The molecule has 3 heterocycles. The molecule has 170 valence electrons. The third kappa shape index (κ3) is 3.93. The second-order valence-corrected chi connectivity index (χ2v) is 8.43. The second kappa shape index (κ2) is 8.62. The van der Waals surface area contributed by atoms with Crippen molar-refractivity contribution in [2.75, 3.05) is 7.11 Å². The van der Waals surface area contributed by atoms with E-state index in [-0.39, 0.29) is 18.0 Å². The normalized spacial score (nSPS) is 15.2. The van der Waals surface area contributed by atoms with E-state index in [1.165, 1.54) is 12.7 Å². The highest BCUT2D eigenvalue weighted by molar-refractivity contribution is 6.16. The molecule has 0 saturated carbocycles. The first-order valence-electron chi connectivity index (χ1n) is 10.8. The summed E-state index contributed by atoms with van der Waals surface area (Å²) in [5, 5.41) is 0. The molecule has 1 aromatic carbocycles. The largest absolute Gasteiger partial charge is 0.467 e. The van der Waals surface area contributed by atoms with Gasteiger partial charge in [-0.05, 0) is 81.7 Å². The van der Waals surface area contributed by atoms with E-state index in [2.05, 4.69) is 36.6 Å². The van der Waals surface area contributed by atoms with Gasteiger partial charge in [0.2, 0.25) is 0 Å². The highest BCUT2D eigenvalue weighted by Gasteiger charge is 2.37. The van der Waals surface area contributed by atoms with Crippen LogP contribution in [0, 0.1) is 27.7 Å². The number of methoxy groups -OCH3 is 1. The van der Waals surface area contributed by atoms with Crippen LogP contribution in [-0.2, 0) is 20.9 Å². The summed E-state index contributed by atoms with van der Waals surface area (Å²) in [6.07, 6.45) is 3.36. The van der Waals surface area contributed by atoms with Gasteiger partial charge in [0.15, 0.2) is 0 Å². The Morgan fingerprint density at radius 2 is 1.85 bits per heavy atom. The molecule has 0 spiro atoms. The van der Waals surface area contributed by atoms with Crippen LogP contribution < -0.4 is 0 Å². The zero-order chi connectivity index (χ0) is 23.9. The molecule has 0 N–H and O–H groups in total. The average Bonchev–Trinajstić information content (AvgIpc) is 3.45. The zero-order valence-electron chi connectivity index (χ0n) is 19.9. The summed E-state index contributed by atoms with van der Waals surface area (Å²) in [7, 11) is 1.33. The van der Waals surface area contributed by atoms with E-state index >= 15 is 0 Å². The third-order valence-electron chi connectivity index (χ3n) is 6.17. The Bertz CT molecular complexity index is 1310. The van der Waals surface area contributed by atoms with Crippen molar-refractivity contribution in [3.05, 3.63) is 93.3 Å². The van der Waals surface area contributed by atoms with Crippen molar-refractivity contribution in [3.63, 3.8) is 0 Å². The molecule has 33 heavy (non-hydrogen) atoms. The van der Waals surface area contributed by atoms with E-state index in [1.807, 2.05) is 19.9 Å². The summed E-state index contributed by atoms with van der Waals surface area (Å²) in [6, 6.07) is 12.0. The van der Waals surface area contributed by atoms with Gasteiger partial charge in [0.05, 0.1) is 31.1 Å². The van der Waals surface area contributed by atoms with Gasteiger partial charge in [0, 0.05) is 22.8 Å². The quantitative estimate of drug-likeness (QED) is 0.402. The molecule has 0 aliphatic carbocycles. The first-order chi connectivity index (χ1) is 15.7. The smallest absolute Gasteiger partial charge is 0.340 e. The van der Waals surface area contributed by atoms with Gasteiger partial charge in [-0.2, -0.15) is 0 Å². The minimum atomic E-state index is -0.530. The van der Waals surface area contributed by atoms with Gasteiger partial charge in [-0.3, -0.25) is 4.79 Å². The lowest BCUT2D eigenvalue weighted by molar-refractivity contribution is -0.136. The molecule has 6 heteroatoms. The molecule has 1 aliphatic rings. The monoisotopic (exact) mass is 444 g/mol. The first-order valence-corrected chi connectivity index (χ1v) is 10.8. The number of hydrogen-bond donors (Lipinski definition) is 0. The fourth-order valence-corrected chi connectivity index (χ4v) is 4.40.